The molecule has 1 unspecified atom stereocenters. The molecule has 1 saturated carbocycles. The van der Waals surface area contributed by atoms with Crippen LogP contribution in [0.3, 0.4) is 0 Å². The Balaban J connectivity index is 2.00. The fourth-order valence-corrected chi connectivity index (χ4v) is 3.10. The van der Waals surface area contributed by atoms with Gasteiger partial charge in [0.25, 0.3) is 0 Å². The molecule has 1 aromatic heterocycles. The Morgan fingerprint density at radius 1 is 1.33 bits per heavy atom. The third kappa shape index (κ3) is 3.25. The smallest absolute Gasteiger partial charge is 0.307 e. The van der Waals surface area contributed by atoms with Crippen molar-refractivity contribution in [2.45, 2.75) is 46.6 Å². The Kier molecular flexibility index (Phi) is 4.65. The lowest BCUT2D eigenvalue weighted by Gasteiger charge is -2.15. The number of aliphatic carboxylic acids is 1. The Morgan fingerprint density at radius 2 is 2.00 bits per heavy atom. The number of hydrogen-bond acceptors (Lipinski definition) is 4. The van der Waals surface area contributed by atoms with Crippen molar-refractivity contribution in [3.05, 3.63) is 17.0 Å². The molecule has 1 aliphatic rings. The van der Waals surface area contributed by atoms with E-state index in [1.165, 1.54) is 0 Å². The van der Waals surface area contributed by atoms with Crippen molar-refractivity contribution in [1.29, 1.82) is 0 Å². The topological polar surface area (TPSA) is 92.4 Å². The number of hydrogen-bond donors (Lipinski definition) is 2. The van der Waals surface area contributed by atoms with Crippen molar-refractivity contribution in [2.75, 3.05) is 0 Å². The van der Waals surface area contributed by atoms with Gasteiger partial charge in [-0.25, -0.2) is 0 Å². The normalized spacial score (nSPS) is 25.0. The lowest BCUT2D eigenvalue weighted by atomic mass is 9.95. The second-order valence-corrected chi connectivity index (χ2v) is 5.82. The van der Waals surface area contributed by atoms with Gasteiger partial charge in [-0.2, -0.15) is 0 Å². The quantitative estimate of drug-likeness (QED) is 0.867. The molecule has 2 rings (SSSR count). The van der Waals surface area contributed by atoms with Crippen LogP contribution in [0.4, 0.5) is 0 Å². The Labute approximate surface area is 123 Å². The minimum atomic E-state index is -0.872. The van der Waals surface area contributed by atoms with E-state index < -0.39 is 17.8 Å². The molecule has 1 aromatic rings. The highest BCUT2D eigenvalue weighted by Gasteiger charge is 2.42. The lowest BCUT2D eigenvalue weighted by molar-refractivity contribution is -0.146. The maximum absolute atomic E-state index is 12.3. The Bertz CT molecular complexity index is 518. The van der Waals surface area contributed by atoms with Crippen molar-refractivity contribution in [3.63, 3.8) is 0 Å². The van der Waals surface area contributed by atoms with Gasteiger partial charge in [0.2, 0.25) is 5.91 Å². The van der Waals surface area contributed by atoms with Gasteiger partial charge in [0.15, 0.2) is 0 Å². The van der Waals surface area contributed by atoms with E-state index in [1.54, 1.807) is 6.92 Å². The van der Waals surface area contributed by atoms with Gasteiger partial charge in [-0.3, -0.25) is 9.59 Å². The number of rotatable bonds is 5. The van der Waals surface area contributed by atoms with E-state index in [9.17, 15) is 14.7 Å². The minimum Gasteiger partial charge on any atom is -0.481 e. The maximum atomic E-state index is 12.3. The number of nitrogens with one attached hydrogen (secondary N) is 1. The molecule has 0 spiro atoms. The molecule has 3 atom stereocenters. The van der Waals surface area contributed by atoms with Gasteiger partial charge in [0.1, 0.15) is 5.76 Å². The molecule has 0 radical (unpaired) electrons. The van der Waals surface area contributed by atoms with Gasteiger partial charge < -0.3 is 14.9 Å². The number of carbonyl (C=O) groups is 2. The number of carboxylic acid groups (broad SMARTS) is 1. The van der Waals surface area contributed by atoms with Gasteiger partial charge in [0, 0.05) is 12.1 Å². The molecule has 6 heteroatoms. The number of carbonyl (C=O) groups excluding carboxylic acids is 1. The first kappa shape index (κ1) is 15.5. The van der Waals surface area contributed by atoms with Gasteiger partial charge in [-0.1, -0.05) is 18.5 Å². The van der Waals surface area contributed by atoms with Crippen molar-refractivity contribution >= 4 is 11.9 Å². The van der Waals surface area contributed by atoms with Crippen LogP contribution in [0.1, 0.15) is 43.2 Å². The molecule has 1 fully saturated rings. The third-order valence-corrected chi connectivity index (χ3v) is 4.51. The second kappa shape index (κ2) is 6.28. The molecular formula is C15H22N2O4. The van der Waals surface area contributed by atoms with Crippen LogP contribution in [0.2, 0.25) is 0 Å². The molecule has 6 nitrogen and oxygen atoms in total. The third-order valence-electron chi connectivity index (χ3n) is 4.51. The number of amides is 1. The van der Waals surface area contributed by atoms with Crippen molar-refractivity contribution in [1.82, 2.24) is 10.5 Å². The summed E-state index contributed by atoms with van der Waals surface area (Å²) in [6, 6.07) is 0. The SMILES string of the molecule is CCC1C[C@H](C(=O)NCc2c(C)noc2C)[C@H](C(=O)O)C1. The van der Waals surface area contributed by atoms with Crippen LogP contribution < -0.4 is 5.32 Å². The molecule has 0 saturated heterocycles. The highest BCUT2D eigenvalue weighted by molar-refractivity contribution is 5.85. The second-order valence-electron chi connectivity index (χ2n) is 5.82. The number of aromatic nitrogens is 1. The lowest BCUT2D eigenvalue weighted by Crippen LogP contribution is -2.35. The van der Waals surface area contributed by atoms with E-state index >= 15 is 0 Å². The predicted molar refractivity (Wildman–Crippen MR) is 75.5 cm³/mol. The van der Waals surface area contributed by atoms with Crippen LogP contribution in [0.15, 0.2) is 4.52 Å². The maximum Gasteiger partial charge on any atom is 0.307 e. The summed E-state index contributed by atoms with van der Waals surface area (Å²) < 4.78 is 5.05. The van der Waals surface area contributed by atoms with Crippen molar-refractivity contribution < 1.29 is 19.2 Å². The van der Waals surface area contributed by atoms with E-state index in [0.29, 0.717) is 31.1 Å². The Morgan fingerprint density at radius 3 is 2.52 bits per heavy atom. The van der Waals surface area contributed by atoms with Crippen LogP contribution in [-0.2, 0) is 16.1 Å². The molecule has 0 aliphatic heterocycles. The highest BCUT2D eigenvalue weighted by atomic mass is 16.5. The summed E-state index contributed by atoms with van der Waals surface area (Å²) in [6.45, 7) is 5.98. The zero-order valence-corrected chi connectivity index (χ0v) is 12.7. The summed E-state index contributed by atoms with van der Waals surface area (Å²) in [5.74, 6) is -1.06. The summed E-state index contributed by atoms with van der Waals surface area (Å²) >= 11 is 0. The summed E-state index contributed by atoms with van der Waals surface area (Å²) in [7, 11) is 0. The summed E-state index contributed by atoms with van der Waals surface area (Å²) in [5.41, 5.74) is 1.61. The average Bonchev–Trinajstić information content (AvgIpc) is 3.01. The zero-order valence-electron chi connectivity index (χ0n) is 12.7. The number of aryl methyl sites for hydroxylation is 2. The summed E-state index contributed by atoms with van der Waals surface area (Å²) in [6.07, 6.45) is 2.16. The van der Waals surface area contributed by atoms with Crippen LogP contribution in [-0.4, -0.2) is 22.1 Å². The van der Waals surface area contributed by atoms with Crippen molar-refractivity contribution in [3.8, 4) is 0 Å². The van der Waals surface area contributed by atoms with Crippen LogP contribution in [0.5, 0.6) is 0 Å². The van der Waals surface area contributed by atoms with E-state index in [4.69, 9.17) is 4.52 Å². The molecular weight excluding hydrogens is 272 g/mol. The van der Waals surface area contributed by atoms with Crippen LogP contribution in [0, 0.1) is 31.6 Å². The summed E-state index contributed by atoms with van der Waals surface area (Å²) in [5, 5.41) is 16.0. The van der Waals surface area contributed by atoms with E-state index in [-0.39, 0.29) is 5.91 Å². The first-order valence-corrected chi connectivity index (χ1v) is 7.36. The molecule has 0 bridgehead atoms. The molecule has 0 aromatic carbocycles. The molecule has 21 heavy (non-hydrogen) atoms. The predicted octanol–water partition coefficient (Wildman–Crippen LogP) is 2.04. The van der Waals surface area contributed by atoms with Gasteiger partial charge >= 0.3 is 5.97 Å². The largest absolute Gasteiger partial charge is 0.481 e. The number of nitrogens with zero attached hydrogens (tertiary/aromatic N) is 1. The van der Waals surface area contributed by atoms with E-state index in [2.05, 4.69) is 10.5 Å². The Hall–Kier alpha value is -1.85. The monoisotopic (exact) mass is 294 g/mol. The average molecular weight is 294 g/mol. The highest BCUT2D eigenvalue weighted by Crippen LogP contribution is 2.38. The van der Waals surface area contributed by atoms with Gasteiger partial charge in [0.05, 0.1) is 17.5 Å². The van der Waals surface area contributed by atoms with Crippen LogP contribution >= 0.6 is 0 Å². The van der Waals surface area contributed by atoms with Crippen LogP contribution in [0.25, 0.3) is 0 Å². The molecule has 1 heterocycles. The van der Waals surface area contributed by atoms with Crippen molar-refractivity contribution in [2.24, 2.45) is 17.8 Å². The first-order valence-electron chi connectivity index (χ1n) is 7.36. The molecule has 1 amide bonds. The first-order chi connectivity index (χ1) is 9.93. The zero-order chi connectivity index (χ0) is 15.6. The fourth-order valence-electron chi connectivity index (χ4n) is 3.10. The molecule has 1 aliphatic carbocycles. The minimum absolute atomic E-state index is 0.182. The van der Waals surface area contributed by atoms with E-state index in [1.807, 2.05) is 13.8 Å². The standard InChI is InChI=1S/C15H22N2O4/c1-4-10-5-11(12(6-10)15(19)20)14(18)16-7-13-8(2)17-21-9(13)3/h10-12H,4-7H2,1-3H3,(H,16,18)(H,19,20)/t10?,11-,12+/m0/s1. The van der Waals surface area contributed by atoms with Gasteiger partial charge in [-0.05, 0) is 32.6 Å². The summed E-state index contributed by atoms with van der Waals surface area (Å²) in [4.78, 5) is 23.6. The fraction of sp³-hybridized carbons (Fsp3) is 0.667. The molecule has 116 valence electrons. The van der Waals surface area contributed by atoms with Gasteiger partial charge in [-0.15, -0.1) is 0 Å². The van der Waals surface area contributed by atoms with E-state index in [0.717, 1.165) is 17.7 Å². The number of carboxylic acids is 1. The molecule has 2 N–H and O–H groups in total.